The van der Waals surface area contributed by atoms with Crippen LogP contribution in [0.4, 0.5) is 0 Å². The van der Waals surface area contributed by atoms with E-state index >= 15 is 0 Å². The first-order valence-corrected chi connectivity index (χ1v) is 7.87. The molecule has 1 heterocycles. The summed E-state index contributed by atoms with van der Waals surface area (Å²) in [4.78, 5) is 4.76. The Balaban J connectivity index is 1.86. The first-order chi connectivity index (χ1) is 10.7. The van der Waals surface area contributed by atoms with Gasteiger partial charge in [0.25, 0.3) is 0 Å². The molecular weight excluding hydrogens is 296 g/mol. The van der Waals surface area contributed by atoms with Gasteiger partial charge in [-0.3, -0.25) is 0 Å². The zero-order valence-corrected chi connectivity index (χ0v) is 13.6. The SMILES string of the molecule is COc1ccc(C2N=C(c3ccc(C)cc3)NS2)cc1OC. The van der Waals surface area contributed by atoms with Gasteiger partial charge in [-0.2, -0.15) is 0 Å². The van der Waals surface area contributed by atoms with Crippen LogP contribution in [0.25, 0.3) is 0 Å². The van der Waals surface area contributed by atoms with Gasteiger partial charge in [0.1, 0.15) is 11.2 Å². The standard InChI is InChI=1S/C17H18N2O2S/c1-11-4-6-12(7-5-11)16-18-17(22-19-16)13-8-9-14(20-2)15(10-13)21-3/h4-10,17H,1-3H3,(H,18,19). The maximum atomic E-state index is 5.36. The Kier molecular flexibility index (Phi) is 4.24. The highest BCUT2D eigenvalue weighted by Gasteiger charge is 2.22. The lowest BCUT2D eigenvalue weighted by Crippen LogP contribution is -2.11. The lowest BCUT2D eigenvalue weighted by Gasteiger charge is -2.11. The van der Waals surface area contributed by atoms with Crippen molar-refractivity contribution in [2.45, 2.75) is 12.3 Å². The van der Waals surface area contributed by atoms with Crippen molar-refractivity contribution in [2.24, 2.45) is 4.99 Å². The third kappa shape index (κ3) is 2.90. The fraction of sp³-hybridized carbons (Fsp3) is 0.235. The molecule has 1 atom stereocenters. The molecule has 0 bridgehead atoms. The van der Waals surface area contributed by atoms with Crippen LogP contribution in [-0.2, 0) is 0 Å². The number of hydrogen-bond acceptors (Lipinski definition) is 5. The van der Waals surface area contributed by atoms with E-state index in [1.54, 1.807) is 26.2 Å². The first kappa shape index (κ1) is 14.8. The first-order valence-electron chi connectivity index (χ1n) is 6.99. The summed E-state index contributed by atoms with van der Waals surface area (Å²) < 4.78 is 13.9. The molecule has 4 nitrogen and oxygen atoms in total. The minimum atomic E-state index is 0.0103. The van der Waals surface area contributed by atoms with E-state index in [4.69, 9.17) is 14.5 Å². The average molecular weight is 314 g/mol. The molecule has 0 spiro atoms. The molecule has 0 radical (unpaired) electrons. The van der Waals surface area contributed by atoms with E-state index in [9.17, 15) is 0 Å². The number of ether oxygens (including phenoxy) is 2. The molecule has 0 aliphatic carbocycles. The van der Waals surface area contributed by atoms with Crippen LogP contribution in [0.2, 0.25) is 0 Å². The van der Waals surface area contributed by atoms with E-state index in [0.29, 0.717) is 0 Å². The van der Waals surface area contributed by atoms with Crippen molar-refractivity contribution >= 4 is 17.8 Å². The Morgan fingerprint density at radius 3 is 2.41 bits per heavy atom. The second-order valence-corrected chi connectivity index (χ2v) is 5.92. The van der Waals surface area contributed by atoms with E-state index in [2.05, 4.69) is 35.9 Å². The Labute approximate surface area is 134 Å². The summed E-state index contributed by atoms with van der Waals surface area (Å²) in [5.74, 6) is 2.36. The fourth-order valence-corrected chi connectivity index (χ4v) is 3.11. The molecule has 3 rings (SSSR count). The molecule has 0 amide bonds. The van der Waals surface area contributed by atoms with Crippen LogP contribution < -0.4 is 14.2 Å². The average Bonchev–Trinajstić information content (AvgIpc) is 3.05. The number of rotatable bonds is 4. The van der Waals surface area contributed by atoms with E-state index in [1.807, 2.05) is 18.2 Å². The van der Waals surface area contributed by atoms with Crippen molar-refractivity contribution in [3.63, 3.8) is 0 Å². The van der Waals surface area contributed by atoms with Crippen LogP contribution in [0, 0.1) is 6.92 Å². The monoisotopic (exact) mass is 314 g/mol. The summed E-state index contributed by atoms with van der Waals surface area (Å²) in [6.07, 6.45) is 0. The van der Waals surface area contributed by atoms with Crippen molar-refractivity contribution in [3.05, 3.63) is 59.2 Å². The van der Waals surface area contributed by atoms with E-state index < -0.39 is 0 Å². The van der Waals surface area contributed by atoms with Gasteiger partial charge in [-0.15, -0.1) is 0 Å². The van der Waals surface area contributed by atoms with E-state index in [-0.39, 0.29) is 5.37 Å². The molecule has 0 saturated heterocycles. The maximum absolute atomic E-state index is 5.36. The minimum absolute atomic E-state index is 0.0103. The van der Waals surface area contributed by atoms with Crippen molar-refractivity contribution < 1.29 is 9.47 Å². The Hall–Kier alpha value is -2.14. The third-order valence-corrected chi connectivity index (χ3v) is 4.44. The van der Waals surface area contributed by atoms with Gasteiger partial charge < -0.3 is 14.2 Å². The summed E-state index contributed by atoms with van der Waals surface area (Å²) in [6, 6.07) is 14.2. The number of methoxy groups -OCH3 is 2. The number of nitrogens with zero attached hydrogens (tertiary/aromatic N) is 1. The second kappa shape index (κ2) is 6.32. The number of aliphatic imine (C=N–C) groups is 1. The van der Waals surface area contributed by atoms with Gasteiger partial charge in [0, 0.05) is 5.56 Å². The van der Waals surface area contributed by atoms with Crippen LogP contribution >= 0.6 is 11.9 Å². The number of hydrogen-bond donors (Lipinski definition) is 1. The van der Waals surface area contributed by atoms with Gasteiger partial charge in [0.2, 0.25) is 0 Å². The summed E-state index contributed by atoms with van der Waals surface area (Å²) in [5, 5.41) is 0.0103. The van der Waals surface area contributed by atoms with Gasteiger partial charge in [-0.1, -0.05) is 35.9 Å². The van der Waals surface area contributed by atoms with Crippen molar-refractivity contribution in [3.8, 4) is 11.5 Å². The summed E-state index contributed by atoms with van der Waals surface area (Å²) in [6.45, 7) is 2.08. The van der Waals surface area contributed by atoms with E-state index in [1.165, 1.54) is 5.56 Å². The smallest absolute Gasteiger partial charge is 0.161 e. The van der Waals surface area contributed by atoms with Crippen LogP contribution in [-0.4, -0.2) is 20.1 Å². The Morgan fingerprint density at radius 2 is 1.73 bits per heavy atom. The topological polar surface area (TPSA) is 42.8 Å². The predicted octanol–water partition coefficient (Wildman–Crippen LogP) is 3.71. The van der Waals surface area contributed by atoms with Crippen molar-refractivity contribution in [1.29, 1.82) is 0 Å². The van der Waals surface area contributed by atoms with Crippen LogP contribution in [0.15, 0.2) is 47.5 Å². The summed E-state index contributed by atoms with van der Waals surface area (Å²) in [5.41, 5.74) is 3.42. The molecule has 114 valence electrons. The summed E-state index contributed by atoms with van der Waals surface area (Å²) in [7, 11) is 3.28. The number of amidine groups is 1. The Morgan fingerprint density at radius 1 is 1.00 bits per heavy atom. The number of aryl methyl sites for hydroxylation is 1. The van der Waals surface area contributed by atoms with Crippen LogP contribution in [0.5, 0.6) is 11.5 Å². The fourth-order valence-electron chi connectivity index (χ4n) is 2.28. The summed E-state index contributed by atoms with van der Waals surface area (Å²) >= 11 is 1.59. The van der Waals surface area contributed by atoms with Gasteiger partial charge in [-0.05, 0) is 36.6 Å². The van der Waals surface area contributed by atoms with E-state index in [0.717, 1.165) is 28.5 Å². The highest BCUT2D eigenvalue weighted by atomic mass is 32.2. The number of benzene rings is 2. The normalized spacial score (nSPS) is 16.9. The van der Waals surface area contributed by atoms with Crippen LogP contribution in [0.1, 0.15) is 22.1 Å². The molecule has 1 aliphatic rings. The molecule has 0 aromatic heterocycles. The lowest BCUT2D eigenvalue weighted by atomic mass is 10.1. The largest absolute Gasteiger partial charge is 0.493 e. The van der Waals surface area contributed by atoms with Gasteiger partial charge in [0.15, 0.2) is 11.5 Å². The molecular formula is C17H18N2O2S. The highest BCUT2D eigenvalue weighted by Crippen LogP contribution is 2.37. The van der Waals surface area contributed by atoms with Crippen LogP contribution in [0.3, 0.4) is 0 Å². The molecule has 1 N–H and O–H groups in total. The van der Waals surface area contributed by atoms with Gasteiger partial charge in [0.05, 0.1) is 14.2 Å². The number of nitrogens with one attached hydrogen (secondary N) is 1. The Bertz CT molecular complexity index is 698. The second-order valence-electron chi connectivity index (χ2n) is 5.03. The minimum Gasteiger partial charge on any atom is -0.493 e. The maximum Gasteiger partial charge on any atom is 0.161 e. The lowest BCUT2D eigenvalue weighted by molar-refractivity contribution is 0.354. The molecule has 5 heteroatoms. The van der Waals surface area contributed by atoms with Crippen molar-refractivity contribution in [1.82, 2.24) is 4.72 Å². The molecule has 2 aromatic carbocycles. The van der Waals surface area contributed by atoms with Gasteiger partial charge >= 0.3 is 0 Å². The molecule has 1 aliphatic heterocycles. The molecule has 0 saturated carbocycles. The zero-order chi connectivity index (χ0) is 15.5. The zero-order valence-electron chi connectivity index (χ0n) is 12.8. The third-order valence-electron chi connectivity index (χ3n) is 3.53. The predicted molar refractivity (Wildman–Crippen MR) is 90.7 cm³/mol. The highest BCUT2D eigenvalue weighted by molar-refractivity contribution is 7.98. The van der Waals surface area contributed by atoms with Crippen molar-refractivity contribution in [2.75, 3.05) is 14.2 Å². The quantitative estimate of drug-likeness (QED) is 0.874. The molecule has 0 fully saturated rings. The molecule has 1 unspecified atom stereocenters. The van der Waals surface area contributed by atoms with Gasteiger partial charge in [-0.25, -0.2) is 4.99 Å². The molecule has 22 heavy (non-hydrogen) atoms. The molecule has 2 aromatic rings.